The Hall–Kier alpha value is -2.42. The number of hydrogen-bond acceptors (Lipinski definition) is 2. The van der Waals surface area contributed by atoms with E-state index in [0.29, 0.717) is 0 Å². The second-order valence-electron chi connectivity index (χ2n) is 4.52. The van der Waals surface area contributed by atoms with Gasteiger partial charge in [-0.1, -0.05) is 36.4 Å². The lowest BCUT2D eigenvalue weighted by atomic mass is 10.1. The number of aryl methyl sites for hydroxylation is 1. The normalized spacial score (nSPS) is 11.5. The van der Waals surface area contributed by atoms with Gasteiger partial charge in [0.1, 0.15) is 11.0 Å². The van der Waals surface area contributed by atoms with E-state index in [9.17, 15) is 0 Å². The van der Waals surface area contributed by atoms with Crippen LogP contribution in [-0.2, 0) is 0 Å². The topological polar surface area (TPSA) is 30.7 Å². The van der Waals surface area contributed by atoms with Crippen LogP contribution in [0.4, 0.5) is 0 Å². The van der Waals surface area contributed by atoms with Crippen molar-refractivity contribution in [3.63, 3.8) is 0 Å². The summed E-state index contributed by atoms with van der Waals surface area (Å²) in [6.45, 7) is 4.09. The number of allylic oxidation sites excluding steroid dienone is 1. The van der Waals surface area contributed by atoms with Crippen molar-refractivity contribution in [3.05, 3.63) is 59.7 Å². The molecule has 94 valence electrons. The van der Waals surface area contributed by atoms with Crippen LogP contribution in [0.3, 0.4) is 0 Å². The molecule has 1 aromatic heterocycles. The van der Waals surface area contributed by atoms with Crippen LogP contribution in [0.2, 0.25) is 0 Å². The Morgan fingerprint density at radius 2 is 1.68 bits per heavy atom. The van der Waals surface area contributed by atoms with Crippen LogP contribution in [0.1, 0.15) is 18.1 Å². The van der Waals surface area contributed by atoms with Crippen LogP contribution in [0.5, 0.6) is 0 Å². The van der Waals surface area contributed by atoms with Crippen molar-refractivity contribution < 1.29 is 0 Å². The lowest BCUT2D eigenvalue weighted by molar-refractivity contribution is 0.760. The van der Waals surface area contributed by atoms with Gasteiger partial charge in [-0.25, -0.2) is 0 Å². The highest BCUT2D eigenvalue weighted by Crippen LogP contribution is 2.18. The summed E-state index contributed by atoms with van der Waals surface area (Å²) < 4.78 is 0. The summed E-state index contributed by atoms with van der Waals surface area (Å²) in [6.07, 6.45) is 4.10. The molecule has 0 saturated heterocycles. The summed E-state index contributed by atoms with van der Waals surface area (Å²) in [7, 11) is 0. The van der Waals surface area contributed by atoms with Gasteiger partial charge in [0.2, 0.25) is 0 Å². The van der Waals surface area contributed by atoms with Gasteiger partial charge >= 0.3 is 0 Å². The molecule has 19 heavy (non-hydrogen) atoms. The summed E-state index contributed by atoms with van der Waals surface area (Å²) in [5.41, 5.74) is 5.17. The largest absolute Gasteiger partial charge is 0.150 e. The van der Waals surface area contributed by atoms with Gasteiger partial charge in [0.15, 0.2) is 0 Å². The first-order chi connectivity index (χ1) is 9.28. The van der Waals surface area contributed by atoms with E-state index in [1.807, 2.05) is 37.3 Å². The molecule has 0 unspecified atom stereocenters. The first kappa shape index (κ1) is 11.7. The highest BCUT2D eigenvalue weighted by atomic mass is 15.5. The fourth-order valence-corrected chi connectivity index (χ4v) is 2.11. The molecule has 0 fully saturated rings. The molecule has 0 spiro atoms. The standard InChI is InChI=1S/C16H15N3/c1-3-6-13-10-9-12(2)16(11-13)19-17-14-7-4-5-8-15(14)18-19/h3-11H,1-2H3. The number of fused-ring (bicyclic) bond motifs is 1. The lowest BCUT2D eigenvalue weighted by Gasteiger charge is -2.05. The van der Waals surface area contributed by atoms with Gasteiger partial charge < -0.3 is 0 Å². The van der Waals surface area contributed by atoms with Crippen molar-refractivity contribution in [2.75, 3.05) is 0 Å². The number of hydrogen-bond donors (Lipinski definition) is 0. The Kier molecular flexibility index (Phi) is 2.88. The molecule has 3 rings (SSSR count). The summed E-state index contributed by atoms with van der Waals surface area (Å²) in [5.74, 6) is 0. The Morgan fingerprint density at radius 3 is 2.32 bits per heavy atom. The third-order valence-corrected chi connectivity index (χ3v) is 3.09. The van der Waals surface area contributed by atoms with E-state index in [0.717, 1.165) is 27.8 Å². The molecule has 0 saturated carbocycles. The fourth-order valence-electron chi connectivity index (χ4n) is 2.11. The molecule has 3 nitrogen and oxygen atoms in total. The molecular formula is C16H15N3. The summed E-state index contributed by atoms with van der Waals surface area (Å²) in [4.78, 5) is 1.72. The van der Waals surface area contributed by atoms with Crippen LogP contribution in [0, 0.1) is 6.92 Å². The molecule has 0 amide bonds. The number of benzene rings is 2. The van der Waals surface area contributed by atoms with E-state index in [1.54, 1.807) is 4.80 Å². The summed E-state index contributed by atoms with van der Waals surface area (Å²) in [6, 6.07) is 14.2. The average Bonchev–Trinajstić information content (AvgIpc) is 2.85. The van der Waals surface area contributed by atoms with E-state index in [1.165, 1.54) is 0 Å². The maximum Gasteiger partial charge on any atom is 0.113 e. The molecule has 0 aliphatic carbocycles. The van der Waals surface area contributed by atoms with E-state index in [4.69, 9.17) is 0 Å². The van der Waals surface area contributed by atoms with Gasteiger partial charge in [0.05, 0.1) is 5.69 Å². The quantitative estimate of drug-likeness (QED) is 0.692. The minimum absolute atomic E-state index is 0.915. The minimum atomic E-state index is 0.915. The SMILES string of the molecule is CC=Cc1ccc(C)c(-n2nc3ccccc3n2)c1. The number of nitrogens with zero attached hydrogens (tertiary/aromatic N) is 3. The van der Waals surface area contributed by atoms with Crippen LogP contribution < -0.4 is 0 Å². The summed E-state index contributed by atoms with van der Waals surface area (Å²) in [5, 5.41) is 9.05. The predicted octanol–water partition coefficient (Wildman–Crippen LogP) is 3.76. The van der Waals surface area contributed by atoms with Crippen LogP contribution >= 0.6 is 0 Å². The Labute approximate surface area is 112 Å². The zero-order chi connectivity index (χ0) is 13.2. The molecule has 3 aromatic rings. The first-order valence-electron chi connectivity index (χ1n) is 6.34. The van der Waals surface area contributed by atoms with Gasteiger partial charge in [-0.3, -0.25) is 0 Å². The second-order valence-corrected chi connectivity index (χ2v) is 4.52. The lowest BCUT2D eigenvalue weighted by Crippen LogP contribution is -2.01. The monoisotopic (exact) mass is 249 g/mol. The van der Waals surface area contributed by atoms with Crippen LogP contribution in [0.15, 0.2) is 48.5 Å². The summed E-state index contributed by atoms with van der Waals surface area (Å²) >= 11 is 0. The molecule has 2 aromatic carbocycles. The average molecular weight is 249 g/mol. The Balaban J connectivity index is 2.17. The maximum absolute atomic E-state index is 4.53. The predicted molar refractivity (Wildman–Crippen MR) is 78.3 cm³/mol. The Morgan fingerprint density at radius 1 is 1.00 bits per heavy atom. The van der Waals surface area contributed by atoms with Crippen LogP contribution in [0.25, 0.3) is 22.8 Å². The van der Waals surface area contributed by atoms with Gasteiger partial charge in [-0.2, -0.15) is 4.80 Å². The van der Waals surface area contributed by atoms with E-state index in [-0.39, 0.29) is 0 Å². The zero-order valence-electron chi connectivity index (χ0n) is 11.0. The van der Waals surface area contributed by atoms with Gasteiger partial charge in [-0.15, -0.1) is 10.2 Å². The number of rotatable bonds is 2. The van der Waals surface area contributed by atoms with Gasteiger partial charge in [-0.05, 0) is 43.2 Å². The molecule has 0 radical (unpaired) electrons. The van der Waals surface area contributed by atoms with Crippen molar-refractivity contribution in [1.82, 2.24) is 15.0 Å². The van der Waals surface area contributed by atoms with Crippen LogP contribution in [-0.4, -0.2) is 15.0 Å². The zero-order valence-corrected chi connectivity index (χ0v) is 11.0. The van der Waals surface area contributed by atoms with E-state index >= 15 is 0 Å². The molecular weight excluding hydrogens is 234 g/mol. The third-order valence-electron chi connectivity index (χ3n) is 3.09. The molecule has 0 N–H and O–H groups in total. The Bertz CT molecular complexity index is 721. The van der Waals surface area contributed by atoms with Crippen molar-refractivity contribution in [3.8, 4) is 5.69 Å². The van der Waals surface area contributed by atoms with Crippen molar-refractivity contribution in [2.45, 2.75) is 13.8 Å². The highest BCUT2D eigenvalue weighted by molar-refractivity contribution is 5.73. The van der Waals surface area contributed by atoms with Gasteiger partial charge in [0.25, 0.3) is 0 Å². The maximum atomic E-state index is 4.53. The highest BCUT2D eigenvalue weighted by Gasteiger charge is 2.06. The number of aromatic nitrogens is 3. The second kappa shape index (κ2) is 4.69. The fraction of sp³-hybridized carbons (Fsp3) is 0.125. The molecule has 0 atom stereocenters. The molecule has 1 heterocycles. The van der Waals surface area contributed by atoms with E-state index < -0.39 is 0 Å². The molecule has 0 aliphatic heterocycles. The van der Waals surface area contributed by atoms with E-state index in [2.05, 4.69) is 41.4 Å². The van der Waals surface area contributed by atoms with Crippen molar-refractivity contribution >= 4 is 17.1 Å². The van der Waals surface area contributed by atoms with Crippen molar-refractivity contribution in [1.29, 1.82) is 0 Å². The van der Waals surface area contributed by atoms with Gasteiger partial charge in [0, 0.05) is 0 Å². The van der Waals surface area contributed by atoms with Crippen molar-refractivity contribution in [2.24, 2.45) is 0 Å². The first-order valence-corrected chi connectivity index (χ1v) is 6.34. The molecule has 0 bridgehead atoms. The third kappa shape index (κ3) is 2.15. The smallest absolute Gasteiger partial charge is 0.113 e. The molecule has 0 aliphatic rings. The minimum Gasteiger partial charge on any atom is -0.150 e. The molecule has 3 heteroatoms.